The van der Waals surface area contributed by atoms with Gasteiger partial charge in [0.05, 0.1) is 18.3 Å². The lowest BCUT2D eigenvalue weighted by Crippen LogP contribution is -2.51. The number of hydrogen-bond donors (Lipinski definition) is 4. The van der Waals surface area contributed by atoms with Crippen molar-refractivity contribution in [1.82, 2.24) is 25.2 Å². The Morgan fingerprint density at radius 1 is 1.11 bits per heavy atom. The van der Waals surface area contributed by atoms with Crippen LogP contribution in [0.2, 0.25) is 0 Å². The molecule has 3 aromatic rings. The van der Waals surface area contributed by atoms with E-state index < -0.39 is 12.1 Å². The van der Waals surface area contributed by atoms with Crippen molar-refractivity contribution in [1.29, 1.82) is 5.41 Å². The second-order valence-corrected chi connectivity index (χ2v) is 8.74. The van der Waals surface area contributed by atoms with Gasteiger partial charge in [0.25, 0.3) is 0 Å². The highest BCUT2D eigenvalue weighted by Gasteiger charge is 2.41. The number of aryl methyl sites for hydroxylation is 1. The monoisotopic (exact) mass is 474 g/mol. The number of aromatic nitrogens is 3. The topological polar surface area (TPSA) is 156 Å². The first-order valence-electron chi connectivity index (χ1n) is 11.6. The van der Waals surface area contributed by atoms with Crippen molar-refractivity contribution < 1.29 is 9.59 Å². The van der Waals surface area contributed by atoms with Gasteiger partial charge in [-0.15, -0.1) is 5.10 Å². The zero-order valence-corrected chi connectivity index (χ0v) is 19.4. The van der Waals surface area contributed by atoms with E-state index in [-0.39, 0.29) is 23.7 Å². The molecule has 2 heterocycles. The summed E-state index contributed by atoms with van der Waals surface area (Å²) in [6.07, 6.45) is 4.91. The third-order valence-electron chi connectivity index (χ3n) is 6.32. The largest absolute Gasteiger partial charge is 0.384 e. The molecule has 0 aliphatic carbocycles. The number of hydrogen-bond acceptors (Lipinski definition) is 6. The molecular weight excluding hydrogens is 444 g/mol. The molecule has 1 fully saturated rings. The van der Waals surface area contributed by atoms with E-state index in [4.69, 9.17) is 16.9 Å². The second kappa shape index (κ2) is 10.9. The van der Waals surface area contributed by atoms with Gasteiger partial charge in [-0.25, -0.2) is 4.68 Å². The van der Waals surface area contributed by atoms with Crippen molar-refractivity contribution in [3.8, 4) is 0 Å². The molecule has 1 aromatic heterocycles. The summed E-state index contributed by atoms with van der Waals surface area (Å²) < 4.78 is 1.68. The molecule has 2 aromatic carbocycles. The minimum Gasteiger partial charge on any atom is -0.384 e. The first kappa shape index (κ1) is 24.1. The van der Waals surface area contributed by atoms with Gasteiger partial charge in [-0.3, -0.25) is 15.0 Å². The van der Waals surface area contributed by atoms with Gasteiger partial charge in [0.15, 0.2) is 0 Å². The summed E-state index contributed by atoms with van der Waals surface area (Å²) >= 11 is 0. The van der Waals surface area contributed by atoms with E-state index in [2.05, 4.69) is 15.6 Å². The maximum absolute atomic E-state index is 13.3. The van der Waals surface area contributed by atoms with Gasteiger partial charge < -0.3 is 21.7 Å². The predicted molar refractivity (Wildman–Crippen MR) is 131 cm³/mol. The molecule has 1 aliphatic rings. The average Bonchev–Trinajstić information content (AvgIpc) is 3.57. The average molecular weight is 475 g/mol. The summed E-state index contributed by atoms with van der Waals surface area (Å²) in [7, 11) is 0. The first-order valence-corrected chi connectivity index (χ1v) is 11.6. The zero-order valence-electron chi connectivity index (χ0n) is 19.4. The number of nitrogen functional groups attached to an aromatic ring is 1. The van der Waals surface area contributed by atoms with Crippen LogP contribution >= 0.6 is 0 Å². The number of rotatable bonds is 9. The number of nitrogens with zero attached hydrogens (tertiary/aromatic N) is 4. The molecule has 0 spiro atoms. The van der Waals surface area contributed by atoms with Crippen molar-refractivity contribution in [2.45, 2.75) is 43.9 Å². The van der Waals surface area contributed by atoms with Crippen LogP contribution in [0.5, 0.6) is 0 Å². The number of benzene rings is 2. The van der Waals surface area contributed by atoms with Crippen LogP contribution in [0.1, 0.15) is 35.6 Å². The van der Waals surface area contributed by atoms with Crippen LogP contribution in [0.15, 0.2) is 67.0 Å². The van der Waals surface area contributed by atoms with E-state index in [1.54, 1.807) is 34.1 Å². The summed E-state index contributed by atoms with van der Waals surface area (Å²) in [5.41, 5.74) is 14.4. The normalized spacial score (nSPS) is 18.3. The van der Waals surface area contributed by atoms with Crippen LogP contribution in [-0.4, -0.2) is 56.2 Å². The summed E-state index contributed by atoms with van der Waals surface area (Å²) in [4.78, 5) is 28.1. The van der Waals surface area contributed by atoms with Crippen LogP contribution in [0, 0.1) is 5.41 Å². The molecule has 0 bridgehead atoms. The Morgan fingerprint density at radius 2 is 1.86 bits per heavy atom. The molecule has 1 aliphatic heterocycles. The van der Waals surface area contributed by atoms with E-state index >= 15 is 0 Å². The van der Waals surface area contributed by atoms with Gasteiger partial charge in [0.1, 0.15) is 11.9 Å². The van der Waals surface area contributed by atoms with Gasteiger partial charge in [0.2, 0.25) is 11.8 Å². The molecule has 0 unspecified atom stereocenters. The Hall–Kier alpha value is -4.05. The maximum Gasteiger partial charge on any atom is 0.243 e. The fourth-order valence-electron chi connectivity index (χ4n) is 4.32. The SMILES string of the molecule is N=C(N)c1ccc(CNC(=O)[C@@H]2C[C@H](n3ccnn3)CN2C(=O)[C@H](N)CCc2ccccc2)cc1. The molecule has 0 saturated carbocycles. The summed E-state index contributed by atoms with van der Waals surface area (Å²) in [6, 6.07) is 15.5. The van der Waals surface area contributed by atoms with Crippen LogP contribution in [0.25, 0.3) is 0 Å². The molecule has 1 saturated heterocycles. The molecule has 0 radical (unpaired) electrons. The molecular formula is C25H30N8O2. The van der Waals surface area contributed by atoms with Crippen LogP contribution in [0.4, 0.5) is 0 Å². The van der Waals surface area contributed by atoms with Gasteiger partial charge in [-0.05, 0) is 24.0 Å². The van der Waals surface area contributed by atoms with Crippen molar-refractivity contribution in [3.63, 3.8) is 0 Å². The number of carbonyl (C=O) groups is 2. The Morgan fingerprint density at radius 3 is 2.51 bits per heavy atom. The standard InChI is InChI=1S/C25H30N8O2/c26-21(11-8-17-4-2-1-3-5-17)25(35)32-16-20(33-13-12-30-31-33)14-22(32)24(34)29-15-18-6-9-19(10-7-18)23(27)28/h1-7,9-10,12-13,20-22H,8,11,14-16,26H2,(H3,27,28)(H,29,34)/t20-,21+,22-/m0/s1. The molecule has 2 amide bonds. The second-order valence-electron chi connectivity index (χ2n) is 8.74. The Labute approximate surface area is 203 Å². The first-order chi connectivity index (χ1) is 16.9. The lowest BCUT2D eigenvalue weighted by Gasteiger charge is -2.26. The quantitative estimate of drug-likeness (QED) is 0.268. The Kier molecular flexibility index (Phi) is 7.51. The molecule has 182 valence electrons. The van der Waals surface area contributed by atoms with E-state index in [0.29, 0.717) is 37.9 Å². The van der Waals surface area contributed by atoms with Crippen LogP contribution in [0.3, 0.4) is 0 Å². The van der Waals surface area contributed by atoms with Gasteiger partial charge in [0, 0.05) is 31.3 Å². The van der Waals surface area contributed by atoms with Crippen molar-refractivity contribution in [2.75, 3.05) is 6.54 Å². The van der Waals surface area contributed by atoms with Crippen LogP contribution in [-0.2, 0) is 22.6 Å². The summed E-state index contributed by atoms with van der Waals surface area (Å²) in [5, 5.41) is 18.3. The van der Waals surface area contributed by atoms with E-state index in [1.807, 2.05) is 42.5 Å². The van der Waals surface area contributed by atoms with E-state index in [9.17, 15) is 9.59 Å². The minimum absolute atomic E-state index is 0.0107. The third-order valence-corrected chi connectivity index (χ3v) is 6.32. The van der Waals surface area contributed by atoms with E-state index in [0.717, 1.165) is 11.1 Å². The van der Waals surface area contributed by atoms with E-state index in [1.165, 1.54) is 0 Å². The smallest absolute Gasteiger partial charge is 0.243 e. The number of amidine groups is 1. The molecule has 10 nitrogen and oxygen atoms in total. The lowest BCUT2D eigenvalue weighted by molar-refractivity contribution is -0.139. The molecule has 6 N–H and O–H groups in total. The number of nitrogens with one attached hydrogen (secondary N) is 2. The molecule has 10 heteroatoms. The minimum atomic E-state index is -0.709. The highest BCUT2D eigenvalue weighted by Crippen LogP contribution is 2.28. The summed E-state index contributed by atoms with van der Waals surface area (Å²) in [6.45, 7) is 0.635. The van der Waals surface area contributed by atoms with Gasteiger partial charge >= 0.3 is 0 Å². The Balaban J connectivity index is 1.42. The van der Waals surface area contributed by atoms with Crippen molar-refractivity contribution in [3.05, 3.63) is 83.7 Å². The number of amides is 2. The number of nitrogens with two attached hydrogens (primary N) is 2. The highest BCUT2D eigenvalue weighted by molar-refractivity contribution is 5.95. The lowest BCUT2D eigenvalue weighted by atomic mass is 10.0. The highest BCUT2D eigenvalue weighted by atomic mass is 16.2. The number of likely N-dealkylation sites (tertiary alicyclic amines) is 1. The number of carbonyl (C=O) groups excluding carboxylic acids is 2. The predicted octanol–water partition coefficient (Wildman–Crippen LogP) is 0.981. The Bertz CT molecular complexity index is 1150. The van der Waals surface area contributed by atoms with Crippen LogP contribution < -0.4 is 16.8 Å². The molecule has 4 rings (SSSR count). The fourth-order valence-corrected chi connectivity index (χ4v) is 4.32. The fraction of sp³-hybridized carbons (Fsp3) is 0.320. The summed E-state index contributed by atoms with van der Waals surface area (Å²) in [5.74, 6) is -0.496. The van der Waals surface area contributed by atoms with Crippen molar-refractivity contribution >= 4 is 17.6 Å². The molecule has 35 heavy (non-hydrogen) atoms. The van der Waals surface area contributed by atoms with Gasteiger partial charge in [-0.2, -0.15) is 0 Å². The zero-order chi connectivity index (χ0) is 24.8. The molecule has 3 atom stereocenters. The van der Waals surface area contributed by atoms with Gasteiger partial charge in [-0.1, -0.05) is 59.8 Å². The third kappa shape index (κ3) is 5.90. The van der Waals surface area contributed by atoms with Crippen molar-refractivity contribution in [2.24, 2.45) is 11.5 Å². The maximum atomic E-state index is 13.3.